The van der Waals surface area contributed by atoms with E-state index in [9.17, 15) is 5.11 Å². The van der Waals surface area contributed by atoms with Gasteiger partial charge in [-0.3, -0.25) is 4.98 Å². The number of fused-ring (bicyclic) bond motifs is 2. The molecule has 8 rings (SSSR count). The Hall–Kier alpha value is -6.20. The molecule has 8 aromatic rings. The molecule has 0 amide bonds. The molecule has 5 heteroatoms. The van der Waals surface area contributed by atoms with Gasteiger partial charge in [-0.2, -0.15) is 0 Å². The number of aromatic hydroxyl groups is 1. The summed E-state index contributed by atoms with van der Waals surface area (Å²) in [5.41, 5.74) is 13.3. The van der Waals surface area contributed by atoms with Crippen molar-refractivity contribution >= 4 is 39.1 Å². The van der Waals surface area contributed by atoms with Gasteiger partial charge in [-0.15, -0.1) is 0 Å². The zero-order chi connectivity index (χ0) is 37.8. The molecule has 0 aliphatic rings. The molecule has 0 radical (unpaired) electrons. The molecule has 0 fully saturated rings. The SMILES string of the molecule is Cc1ccnc2c(-c3cccc(-c4cc(N(c5ccccc5)c5ccccc5)cc5oc(-c6cc(C(C)(C)C)ccc6O)nc45)c3)cc(C(C)(C)C)cc12. The first-order chi connectivity index (χ1) is 25.8. The molecule has 0 bridgehead atoms. The molecule has 0 atom stereocenters. The maximum Gasteiger partial charge on any atom is 0.231 e. The van der Waals surface area contributed by atoms with Gasteiger partial charge < -0.3 is 14.4 Å². The molecule has 1 N–H and O–H groups in total. The maximum atomic E-state index is 11.1. The lowest BCUT2D eigenvalue weighted by Gasteiger charge is -2.26. The van der Waals surface area contributed by atoms with Crippen LogP contribution in [0.25, 0.3) is 55.7 Å². The van der Waals surface area contributed by atoms with E-state index in [1.54, 1.807) is 6.07 Å². The first-order valence-electron chi connectivity index (χ1n) is 18.5. The highest BCUT2D eigenvalue weighted by molar-refractivity contribution is 6.00. The van der Waals surface area contributed by atoms with E-state index in [-0.39, 0.29) is 16.6 Å². The van der Waals surface area contributed by atoms with Crippen LogP contribution in [0.5, 0.6) is 5.75 Å². The minimum absolute atomic E-state index is 0.0470. The third-order valence-electron chi connectivity index (χ3n) is 10.3. The molecule has 0 aliphatic carbocycles. The number of nitrogens with zero attached hydrogens (tertiary/aromatic N) is 3. The van der Waals surface area contributed by atoms with Gasteiger partial charge in [-0.05, 0) is 112 Å². The number of hydrogen-bond acceptors (Lipinski definition) is 5. The zero-order valence-electron chi connectivity index (χ0n) is 32.0. The minimum Gasteiger partial charge on any atom is -0.507 e. The molecule has 54 heavy (non-hydrogen) atoms. The molecule has 2 aromatic heterocycles. The number of anilines is 3. The quantitative estimate of drug-likeness (QED) is 0.186. The number of pyridine rings is 1. The molecule has 6 aromatic carbocycles. The van der Waals surface area contributed by atoms with Crippen LogP contribution in [0.4, 0.5) is 17.1 Å². The summed E-state index contributed by atoms with van der Waals surface area (Å²) in [6, 6.07) is 46.0. The van der Waals surface area contributed by atoms with E-state index in [0.717, 1.165) is 61.3 Å². The summed E-state index contributed by atoms with van der Waals surface area (Å²) in [6.07, 6.45) is 1.90. The van der Waals surface area contributed by atoms with Crippen LogP contribution in [0.1, 0.15) is 58.2 Å². The van der Waals surface area contributed by atoms with Crippen molar-refractivity contribution in [2.45, 2.75) is 59.3 Å². The average Bonchev–Trinajstić information content (AvgIpc) is 3.59. The van der Waals surface area contributed by atoms with Crippen molar-refractivity contribution in [1.29, 1.82) is 0 Å². The van der Waals surface area contributed by atoms with Gasteiger partial charge in [0, 0.05) is 40.2 Å². The second-order valence-electron chi connectivity index (χ2n) is 16.2. The average molecular weight is 708 g/mol. The minimum atomic E-state index is -0.124. The Bertz CT molecular complexity index is 2610. The molecule has 5 nitrogen and oxygen atoms in total. The summed E-state index contributed by atoms with van der Waals surface area (Å²) in [5.74, 6) is 0.500. The maximum absolute atomic E-state index is 11.1. The molecular weight excluding hydrogens is 663 g/mol. The van der Waals surface area contributed by atoms with Gasteiger partial charge in [0.05, 0.1) is 16.8 Å². The van der Waals surface area contributed by atoms with Crippen molar-refractivity contribution in [3.8, 4) is 39.5 Å². The number of hydrogen-bond donors (Lipinski definition) is 1. The Morgan fingerprint density at radius 2 is 1.17 bits per heavy atom. The first kappa shape index (κ1) is 34.9. The predicted molar refractivity (Wildman–Crippen MR) is 224 cm³/mol. The Kier molecular flexibility index (Phi) is 8.61. The fraction of sp³-hybridized carbons (Fsp3) is 0.184. The highest BCUT2D eigenvalue weighted by atomic mass is 16.3. The topological polar surface area (TPSA) is 62.4 Å². The van der Waals surface area contributed by atoms with Crippen LogP contribution < -0.4 is 4.90 Å². The molecule has 268 valence electrons. The predicted octanol–water partition coefficient (Wildman–Crippen LogP) is 13.5. The van der Waals surface area contributed by atoms with Gasteiger partial charge in [0.15, 0.2) is 5.58 Å². The second-order valence-corrected chi connectivity index (χ2v) is 16.2. The van der Waals surface area contributed by atoms with Gasteiger partial charge in [0.1, 0.15) is 11.3 Å². The van der Waals surface area contributed by atoms with Crippen LogP contribution in [0.3, 0.4) is 0 Å². The van der Waals surface area contributed by atoms with Gasteiger partial charge in [-0.25, -0.2) is 4.98 Å². The smallest absolute Gasteiger partial charge is 0.231 e. The van der Waals surface area contributed by atoms with Crippen molar-refractivity contribution in [2.75, 3.05) is 4.90 Å². The van der Waals surface area contributed by atoms with Gasteiger partial charge in [-0.1, -0.05) is 102 Å². The van der Waals surface area contributed by atoms with Crippen LogP contribution in [0.15, 0.2) is 144 Å². The van der Waals surface area contributed by atoms with Crippen molar-refractivity contribution in [2.24, 2.45) is 0 Å². The Morgan fingerprint density at radius 1 is 0.556 bits per heavy atom. The van der Waals surface area contributed by atoms with Crippen molar-refractivity contribution < 1.29 is 9.52 Å². The summed E-state index contributed by atoms with van der Waals surface area (Å²) in [5, 5.41) is 12.3. The molecule has 0 saturated heterocycles. The largest absolute Gasteiger partial charge is 0.507 e. The van der Waals surface area contributed by atoms with Crippen molar-refractivity contribution in [1.82, 2.24) is 9.97 Å². The fourth-order valence-corrected chi connectivity index (χ4v) is 7.15. The Balaban J connectivity index is 1.39. The summed E-state index contributed by atoms with van der Waals surface area (Å²) < 4.78 is 6.66. The van der Waals surface area contributed by atoms with E-state index in [4.69, 9.17) is 14.4 Å². The van der Waals surface area contributed by atoms with Crippen LogP contribution in [-0.2, 0) is 10.8 Å². The van der Waals surface area contributed by atoms with E-state index in [1.165, 1.54) is 11.1 Å². The first-order valence-corrected chi connectivity index (χ1v) is 18.5. The lowest BCUT2D eigenvalue weighted by atomic mass is 9.83. The van der Waals surface area contributed by atoms with Crippen molar-refractivity contribution in [3.63, 3.8) is 0 Å². The van der Waals surface area contributed by atoms with Crippen LogP contribution in [-0.4, -0.2) is 15.1 Å². The molecule has 0 saturated carbocycles. The number of aryl methyl sites for hydroxylation is 1. The van der Waals surface area contributed by atoms with E-state index in [1.807, 2.05) is 30.5 Å². The molecule has 2 heterocycles. The molecule has 0 aliphatic heterocycles. The lowest BCUT2D eigenvalue weighted by molar-refractivity contribution is 0.473. The Labute approximate surface area is 317 Å². The summed E-state index contributed by atoms with van der Waals surface area (Å²) in [7, 11) is 0. The number of phenolic OH excluding ortho intramolecular Hbond substituents is 1. The van der Waals surface area contributed by atoms with Gasteiger partial charge >= 0.3 is 0 Å². The normalized spacial score (nSPS) is 12.1. The fourth-order valence-electron chi connectivity index (χ4n) is 7.15. The number of benzene rings is 6. The van der Waals surface area contributed by atoms with Crippen LogP contribution >= 0.6 is 0 Å². The van der Waals surface area contributed by atoms with Gasteiger partial charge in [0.25, 0.3) is 0 Å². The van der Waals surface area contributed by atoms with Gasteiger partial charge in [0.2, 0.25) is 5.89 Å². The highest BCUT2D eigenvalue weighted by Crippen LogP contribution is 2.44. The monoisotopic (exact) mass is 707 g/mol. The van der Waals surface area contributed by atoms with Crippen molar-refractivity contribution in [3.05, 3.63) is 156 Å². The van der Waals surface area contributed by atoms with E-state index < -0.39 is 0 Å². The number of aromatic nitrogens is 2. The lowest BCUT2D eigenvalue weighted by Crippen LogP contribution is -2.11. The Morgan fingerprint density at radius 3 is 1.80 bits per heavy atom. The summed E-state index contributed by atoms with van der Waals surface area (Å²) in [4.78, 5) is 12.3. The number of phenols is 1. The van der Waals surface area contributed by atoms with E-state index in [2.05, 4.69) is 156 Å². The van der Waals surface area contributed by atoms with Crippen LogP contribution in [0.2, 0.25) is 0 Å². The number of oxazole rings is 1. The third-order valence-corrected chi connectivity index (χ3v) is 10.3. The zero-order valence-corrected chi connectivity index (χ0v) is 32.0. The highest BCUT2D eigenvalue weighted by Gasteiger charge is 2.24. The summed E-state index contributed by atoms with van der Waals surface area (Å²) in [6.45, 7) is 15.4. The standard InChI is InChI=1S/C49H45N3O2/c1-31-23-24-50-45-39(31)27-35(49(5,6)7)28-40(45)32-15-14-16-33(25-32)41-29-38(52(36-17-10-8-11-18-36)37-19-12-9-13-20-37)30-44-46(41)51-47(54-44)42-26-34(48(2,3)4)21-22-43(42)53/h8-30,53H,1-7H3. The van der Waals surface area contributed by atoms with Crippen LogP contribution in [0, 0.1) is 6.92 Å². The third kappa shape index (κ3) is 6.51. The molecule has 0 unspecified atom stereocenters. The van der Waals surface area contributed by atoms with E-state index in [0.29, 0.717) is 17.0 Å². The second kappa shape index (κ2) is 13.3. The van der Waals surface area contributed by atoms with E-state index >= 15 is 0 Å². The molecule has 0 spiro atoms. The number of rotatable bonds is 6. The molecular formula is C49H45N3O2. The number of para-hydroxylation sites is 2. The summed E-state index contributed by atoms with van der Waals surface area (Å²) >= 11 is 0.